The van der Waals surface area contributed by atoms with Crippen molar-refractivity contribution in [1.82, 2.24) is 9.88 Å². The highest BCUT2D eigenvalue weighted by Gasteiger charge is 2.27. The summed E-state index contributed by atoms with van der Waals surface area (Å²) < 4.78 is 0. The Bertz CT molecular complexity index is 329. The number of rotatable bonds is 3. The highest BCUT2D eigenvalue weighted by atomic mass is 16.2. The molecule has 1 aromatic heterocycles. The second-order valence-corrected chi connectivity index (χ2v) is 3.69. The van der Waals surface area contributed by atoms with E-state index >= 15 is 0 Å². The molecule has 1 saturated heterocycles. The lowest BCUT2D eigenvalue weighted by Gasteiger charge is -2.14. The summed E-state index contributed by atoms with van der Waals surface area (Å²) in [5, 5.41) is 0. The largest absolute Gasteiger partial charge is 0.367 e. The van der Waals surface area contributed by atoms with Gasteiger partial charge in [-0.15, -0.1) is 6.58 Å². The number of carbonyl (C=O) groups is 1. The van der Waals surface area contributed by atoms with Crippen molar-refractivity contribution in [2.24, 2.45) is 5.92 Å². The van der Waals surface area contributed by atoms with E-state index in [9.17, 15) is 4.79 Å². The van der Waals surface area contributed by atoms with Gasteiger partial charge in [-0.1, -0.05) is 6.08 Å². The molecule has 0 aromatic carbocycles. The predicted octanol–water partition coefficient (Wildman–Crippen LogP) is 1.55. The van der Waals surface area contributed by atoms with Gasteiger partial charge >= 0.3 is 0 Å². The zero-order valence-electron chi connectivity index (χ0n) is 8.07. The molecule has 1 atom stereocenters. The summed E-state index contributed by atoms with van der Waals surface area (Å²) in [4.78, 5) is 16.4. The number of likely N-dealkylation sites (tertiary alicyclic amines) is 1. The summed E-state index contributed by atoms with van der Waals surface area (Å²) in [5.74, 6) is 0.567. The van der Waals surface area contributed by atoms with Crippen molar-refractivity contribution < 1.29 is 4.79 Å². The minimum atomic E-state index is 0.233. The van der Waals surface area contributed by atoms with E-state index in [0.717, 1.165) is 12.1 Å². The number of amides is 1. The summed E-state index contributed by atoms with van der Waals surface area (Å²) in [6.07, 6.45) is 6.29. The molecule has 1 aliphatic rings. The van der Waals surface area contributed by atoms with Crippen LogP contribution in [0.15, 0.2) is 31.1 Å². The Kier molecular flexibility index (Phi) is 2.39. The molecule has 0 radical (unpaired) electrons. The van der Waals surface area contributed by atoms with Crippen molar-refractivity contribution in [3.05, 3.63) is 36.7 Å². The van der Waals surface area contributed by atoms with Crippen molar-refractivity contribution in [1.29, 1.82) is 0 Å². The standard InChI is InChI=1S/C11H14N2O/c1-2-9-5-11(14)13(7-9)8-10-3-4-12-6-10/h2-4,6,9,12H,1,5,7-8H2. The van der Waals surface area contributed by atoms with Crippen LogP contribution in [0.5, 0.6) is 0 Å². The number of nitrogens with zero attached hydrogens (tertiary/aromatic N) is 1. The monoisotopic (exact) mass is 190 g/mol. The fourth-order valence-corrected chi connectivity index (χ4v) is 1.79. The van der Waals surface area contributed by atoms with Gasteiger partial charge in [-0.3, -0.25) is 4.79 Å². The SMILES string of the molecule is C=CC1CC(=O)N(Cc2cc[nH]c2)C1. The van der Waals surface area contributed by atoms with Gasteiger partial charge in [0.05, 0.1) is 0 Å². The summed E-state index contributed by atoms with van der Waals surface area (Å²) in [6, 6.07) is 1.99. The lowest BCUT2D eigenvalue weighted by molar-refractivity contribution is -0.128. The Hall–Kier alpha value is -1.51. The third-order valence-electron chi connectivity index (χ3n) is 2.61. The van der Waals surface area contributed by atoms with E-state index in [1.807, 2.05) is 29.4 Å². The van der Waals surface area contributed by atoms with Crippen LogP contribution >= 0.6 is 0 Å². The normalized spacial score (nSPS) is 21.6. The molecule has 1 unspecified atom stereocenters. The van der Waals surface area contributed by atoms with Crippen LogP contribution in [0.1, 0.15) is 12.0 Å². The Labute approximate surface area is 83.4 Å². The Morgan fingerprint density at radius 2 is 2.57 bits per heavy atom. The van der Waals surface area contributed by atoms with E-state index in [4.69, 9.17) is 0 Å². The van der Waals surface area contributed by atoms with Gasteiger partial charge in [0, 0.05) is 37.8 Å². The van der Waals surface area contributed by atoms with Gasteiger partial charge in [-0.05, 0) is 11.6 Å². The minimum Gasteiger partial charge on any atom is -0.367 e. The van der Waals surface area contributed by atoms with Gasteiger partial charge in [0.15, 0.2) is 0 Å². The minimum absolute atomic E-state index is 0.233. The van der Waals surface area contributed by atoms with E-state index in [1.165, 1.54) is 0 Å². The summed E-state index contributed by atoms with van der Waals surface area (Å²) in [6.45, 7) is 5.25. The molecule has 2 heterocycles. The van der Waals surface area contributed by atoms with E-state index in [2.05, 4.69) is 11.6 Å². The number of hydrogen-bond donors (Lipinski definition) is 1. The summed E-state index contributed by atoms with van der Waals surface area (Å²) in [7, 11) is 0. The molecule has 2 rings (SSSR count). The zero-order chi connectivity index (χ0) is 9.97. The van der Waals surface area contributed by atoms with Gasteiger partial charge in [-0.2, -0.15) is 0 Å². The summed E-state index contributed by atoms with van der Waals surface area (Å²) in [5.41, 5.74) is 1.16. The number of aromatic nitrogens is 1. The molecule has 1 aromatic rings. The first-order chi connectivity index (χ1) is 6.79. The second-order valence-electron chi connectivity index (χ2n) is 3.69. The maximum Gasteiger partial charge on any atom is 0.223 e. The molecule has 1 N–H and O–H groups in total. The Morgan fingerprint density at radius 3 is 3.14 bits per heavy atom. The van der Waals surface area contributed by atoms with Crippen LogP contribution in [0.2, 0.25) is 0 Å². The van der Waals surface area contributed by atoms with Crippen LogP contribution in [0.4, 0.5) is 0 Å². The van der Waals surface area contributed by atoms with Crippen LogP contribution < -0.4 is 0 Å². The van der Waals surface area contributed by atoms with Crippen LogP contribution in [0.25, 0.3) is 0 Å². The fourth-order valence-electron chi connectivity index (χ4n) is 1.79. The topological polar surface area (TPSA) is 36.1 Å². The number of carbonyl (C=O) groups excluding carboxylic acids is 1. The van der Waals surface area contributed by atoms with Crippen LogP contribution in [-0.4, -0.2) is 22.3 Å². The van der Waals surface area contributed by atoms with Crippen LogP contribution in [-0.2, 0) is 11.3 Å². The number of H-pyrrole nitrogens is 1. The van der Waals surface area contributed by atoms with Gasteiger partial charge in [0.1, 0.15) is 0 Å². The van der Waals surface area contributed by atoms with Gasteiger partial charge in [0.2, 0.25) is 5.91 Å². The molecule has 0 aliphatic carbocycles. The quantitative estimate of drug-likeness (QED) is 0.721. The molecule has 0 saturated carbocycles. The van der Waals surface area contributed by atoms with E-state index in [0.29, 0.717) is 18.9 Å². The van der Waals surface area contributed by atoms with E-state index in [1.54, 1.807) is 0 Å². The molecule has 3 nitrogen and oxygen atoms in total. The summed E-state index contributed by atoms with van der Waals surface area (Å²) >= 11 is 0. The van der Waals surface area contributed by atoms with Gasteiger partial charge in [0.25, 0.3) is 0 Å². The maximum atomic E-state index is 11.5. The van der Waals surface area contributed by atoms with E-state index in [-0.39, 0.29) is 5.91 Å². The average molecular weight is 190 g/mol. The van der Waals surface area contributed by atoms with Crippen LogP contribution in [0, 0.1) is 5.92 Å². The number of hydrogen-bond acceptors (Lipinski definition) is 1. The maximum absolute atomic E-state index is 11.5. The van der Waals surface area contributed by atoms with Crippen molar-refractivity contribution in [3.63, 3.8) is 0 Å². The zero-order valence-corrected chi connectivity index (χ0v) is 8.07. The Morgan fingerprint density at radius 1 is 1.71 bits per heavy atom. The predicted molar refractivity (Wildman–Crippen MR) is 54.5 cm³/mol. The smallest absolute Gasteiger partial charge is 0.223 e. The number of aromatic amines is 1. The van der Waals surface area contributed by atoms with Crippen molar-refractivity contribution >= 4 is 5.91 Å². The van der Waals surface area contributed by atoms with Crippen molar-refractivity contribution in [3.8, 4) is 0 Å². The molecular formula is C11H14N2O. The van der Waals surface area contributed by atoms with Gasteiger partial charge in [-0.25, -0.2) is 0 Å². The first kappa shape index (κ1) is 9.06. The fraction of sp³-hybridized carbons (Fsp3) is 0.364. The van der Waals surface area contributed by atoms with E-state index < -0.39 is 0 Å². The molecule has 0 bridgehead atoms. The van der Waals surface area contributed by atoms with Crippen LogP contribution in [0.3, 0.4) is 0 Å². The molecule has 0 spiro atoms. The molecule has 3 heteroatoms. The second kappa shape index (κ2) is 3.70. The molecule has 1 fully saturated rings. The molecule has 1 amide bonds. The Balaban J connectivity index is 1.99. The molecule has 1 aliphatic heterocycles. The van der Waals surface area contributed by atoms with Gasteiger partial charge < -0.3 is 9.88 Å². The third-order valence-corrected chi connectivity index (χ3v) is 2.61. The highest BCUT2D eigenvalue weighted by Crippen LogP contribution is 2.20. The first-order valence-corrected chi connectivity index (χ1v) is 4.81. The lowest BCUT2D eigenvalue weighted by atomic mass is 10.1. The molecular weight excluding hydrogens is 176 g/mol. The number of nitrogens with one attached hydrogen (secondary N) is 1. The highest BCUT2D eigenvalue weighted by molar-refractivity contribution is 5.78. The average Bonchev–Trinajstić information content (AvgIpc) is 2.78. The molecule has 14 heavy (non-hydrogen) atoms. The first-order valence-electron chi connectivity index (χ1n) is 4.81. The van der Waals surface area contributed by atoms with Crippen molar-refractivity contribution in [2.45, 2.75) is 13.0 Å². The lowest BCUT2D eigenvalue weighted by Crippen LogP contribution is -2.24. The van der Waals surface area contributed by atoms with Crippen molar-refractivity contribution in [2.75, 3.05) is 6.54 Å². The molecule has 74 valence electrons. The third kappa shape index (κ3) is 1.71.